The molecule has 9 nitrogen and oxygen atoms in total. The van der Waals surface area contributed by atoms with Crippen LogP contribution in [0.1, 0.15) is 25.3 Å². The van der Waals surface area contributed by atoms with Crippen LogP contribution in [-0.4, -0.2) is 53.5 Å². The molecule has 0 aliphatic carbocycles. The zero-order valence-electron chi connectivity index (χ0n) is 16.8. The van der Waals surface area contributed by atoms with Gasteiger partial charge in [0.15, 0.2) is 10.7 Å². The molecule has 156 valence electrons. The SMILES string of the molecule is CCN(CC)S(=O)(=O)c1ccc(N(C)C)c(NS(=O)(=O)c2c(C)noc2C)c1. The molecule has 0 saturated carbocycles. The van der Waals surface area contributed by atoms with Crippen molar-refractivity contribution in [3.63, 3.8) is 0 Å². The molecule has 1 N–H and O–H groups in total. The van der Waals surface area contributed by atoms with Gasteiger partial charge in [0.2, 0.25) is 10.0 Å². The third-order valence-electron chi connectivity index (χ3n) is 4.27. The summed E-state index contributed by atoms with van der Waals surface area (Å²) in [5.41, 5.74) is 0.899. The van der Waals surface area contributed by atoms with E-state index in [1.807, 2.05) is 0 Å². The van der Waals surface area contributed by atoms with Crippen LogP contribution in [0.4, 0.5) is 11.4 Å². The second-order valence-corrected chi connectivity index (χ2v) is 9.98. The van der Waals surface area contributed by atoms with E-state index in [2.05, 4.69) is 9.88 Å². The number of sulfonamides is 2. The highest BCUT2D eigenvalue weighted by molar-refractivity contribution is 7.92. The number of nitrogens with zero attached hydrogens (tertiary/aromatic N) is 3. The van der Waals surface area contributed by atoms with Gasteiger partial charge in [-0.2, -0.15) is 4.31 Å². The van der Waals surface area contributed by atoms with E-state index in [1.54, 1.807) is 38.9 Å². The number of hydrogen-bond acceptors (Lipinski definition) is 7. The van der Waals surface area contributed by atoms with E-state index in [9.17, 15) is 16.8 Å². The quantitative estimate of drug-likeness (QED) is 0.683. The fraction of sp³-hybridized carbons (Fsp3) is 0.471. The normalized spacial score (nSPS) is 12.4. The largest absolute Gasteiger partial charge is 0.376 e. The van der Waals surface area contributed by atoms with Crippen molar-refractivity contribution in [2.45, 2.75) is 37.5 Å². The number of anilines is 2. The van der Waals surface area contributed by atoms with Crippen LogP contribution in [0.2, 0.25) is 0 Å². The van der Waals surface area contributed by atoms with Crippen LogP contribution in [0.3, 0.4) is 0 Å². The lowest BCUT2D eigenvalue weighted by atomic mass is 10.2. The van der Waals surface area contributed by atoms with Gasteiger partial charge in [-0.15, -0.1) is 0 Å². The van der Waals surface area contributed by atoms with Gasteiger partial charge in [0, 0.05) is 27.2 Å². The Morgan fingerprint density at radius 3 is 2.14 bits per heavy atom. The molecule has 0 fully saturated rings. The summed E-state index contributed by atoms with van der Waals surface area (Å²) >= 11 is 0. The molecule has 1 aromatic carbocycles. The third kappa shape index (κ3) is 4.15. The Balaban J connectivity index is 2.60. The molecule has 11 heteroatoms. The molecule has 0 spiro atoms. The van der Waals surface area contributed by atoms with Gasteiger partial charge in [0.05, 0.1) is 16.3 Å². The van der Waals surface area contributed by atoms with Crippen molar-refractivity contribution < 1.29 is 21.4 Å². The lowest BCUT2D eigenvalue weighted by Crippen LogP contribution is -2.30. The van der Waals surface area contributed by atoms with E-state index in [-0.39, 0.29) is 26.9 Å². The van der Waals surface area contributed by atoms with E-state index in [0.717, 1.165) is 0 Å². The molecule has 0 aliphatic heterocycles. The fourth-order valence-corrected chi connectivity index (χ4v) is 5.80. The number of benzene rings is 1. The molecule has 0 atom stereocenters. The summed E-state index contributed by atoms with van der Waals surface area (Å²) in [5.74, 6) is 0.156. The monoisotopic (exact) mass is 430 g/mol. The molecule has 1 aromatic heterocycles. The molecule has 2 rings (SSSR count). The number of hydrogen-bond donors (Lipinski definition) is 1. The van der Waals surface area contributed by atoms with Crippen LogP contribution in [0.5, 0.6) is 0 Å². The minimum atomic E-state index is -4.02. The van der Waals surface area contributed by atoms with Crippen molar-refractivity contribution in [1.29, 1.82) is 0 Å². The molecule has 28 heavy (non-hydrogen) atoms. The molecular formula is C17H26N4O5S2. The Kier molecular flexibility index (Phi) is 6.41. The highest BCUT2D eigenvalue weighted by Gasteiger charge is 2.27. The maximum absolute atomic E-state index is 12.9. The average Bonchev–Trinajstić information content (AvgIpc) is 2.94. The standard InChI is InChI=1S/C17H26N4O5S2/c1-7-21(8-2)28(24,25)14-9-10-16(20(5)6)15(11-14)19-27(22,23)17-12(3)18-26-13(17)4/h9-11,19H,7-8H2,1-6H3. The van der Waals surface area contributed by atoms with Crippen LogP contribution < -0.4 is 9.62 Å². The summed E-state index contributed by atoms with van der Waals surface area (Å²) in [4.78, 5) is 1.64. The summed E-state index contributed by atoms with van der Waals surface area (Å²) in [7, 11) is -4.29. The summed E-state index contributed by atoms with van der Waals surface area (Å²) < 4.78 is 60.2. The topological polar surface area (TPSA) is 113 Å². The van der Waals surface area contributed by atoms with Crippen molar-refractivity contribution in [1.82, 2.24) is 9.46 Å². The van der Waals surface area contributed by atoms with Gasteiger partial charge in [-0.25, -0.2) is 16.8 Å². The molecule has 0 bridgehead atoms. The first-order chi connectivity index (χ1) is 13.0. The van der Waals surface area contributed by atoms with Crippen molar-refractivity contribution in [2.75, 3.05) is 36.8 Å². The maximum Gasteiger partial charge on any atom is 0.267 e. The number of aryl methyl sites for hydroxylation is 2. The molecule has 0 amide bonds. The van der Waals surface area contributed by atoms with Crippen molar-refractivity contribution in [3.05, 3.63) is 29.7 Å². The third-order valence-corrected chi connectivity index (χ3v) is 7.93. The van der Waals surface area contributed by atoms with Gasteiger partial charge < -0.3 is 9.42 Å². The zero-order valence-corrected chi connectivity index (χ0v) is 18.5. The Morgan fingerprint density at radius 2 is 1.68 bits per heavy atom. The zero-order chi connectivity index (χ0) is 21.3. The second kappa shape index (κ2) is 8.10. The number of aromatic nitrogens is 1. The van der Waals surface area contributed by atoms with E-state index >= 15 is 0 Å². The van der Waals surface area contributed by atoms with Gasteiger partial charge in [0.25, 0.3) is 10.0 Å². The molecule has 1 heterocycles. The van der Waals surface area contributed by atoms with Gasteiger partial charge in [-0.3, -0.25) is 4.72 Å². The second-order valence-electron chi connectivity index (χ2n) is 6.42. The summed E-state index contributed by atoms with van der Waals surface area (Å²) in [6.07, 6.45) is 0. The molecule has 0 unspecified atom stereocenters. The summed E-state index contributed by atoms with van der Waals surface area (Å²) in [6, 6.07) is 4.37. The van der Waals surface area contributed by atoms with Crippen LogP contribution >= 0.6 is 0 Å². The predicted molar refractivity (Wildman–Crippen MR) is 108 cm³/mol. The van der Waals surface area contributed by atoms with E-state index < -0.39 is 20.0 Å². The van der Waals surface area contributed by atoms with Gasteiger partial charge >= 0.3 is 0 Å². The minimum Gasteiger partial charge on any atom is -0.376 e. The maximum atomic E-state index is 12.9. The van der Waals surface area contributed by atoms with Crippen molar-refractivity contribution in [3.8, 4) is 0 Å². The van der Waals surface area contributed by atoms with Gasteiger partial charge in [0.1, 0.15) is 5.69 Å². The smallest absolute Gasteiger partial charge is 0.267 e. The highest BCUT2D eigenvalue weighted by atomic mass is 32.2. The lowest BCUT2D eigenvalue weighted by molar-refractivity contribution is 0.390. The molecule has 0 radical (unpaired) electrons. The van der Waals surface area contributed by atoms with Crippen LogP contribution in [0, 0.1) is 13.8 Å². The van der Waals surface area contributed by atoms with Crippen LogP contribution in [0.15, 0.2) is 32.5 Å². The Morgan fingerprint density at radius 1 is 1.07 bits per heavy atom. The molecular weight excluding hydrogens is 404 g/mol. The van der Waals surface area contributed by atoms with Gasteiger partial charge in [-0.05, 0) is 32.0 Å². The molecule has 2 aromatic rings. The number of rotatable bonds is 8. The highest BCUT2D eigenvalue weighted by Crippen LogP contribution is 2.32. The molecule has 0 aliphatic rings. The predicted octanol–water partition coefficient (Wildman–Crippen LogP) is 2.19. The van der Waals surface area contributed by atoms with E-state index in [1.165, 1.54) is 30.3 Å². The van der Waals surface area contributed by atoms with E-state index in [4.69, 9.17) is 4.52 Å². The van der Waals surface area contributed by atoms with Crippen LogP contribution in [-0.2, 0) is 20.0 Å². The van der Waals surface area contributed by atoms with Crippen LogP contribution in [0.25, 0.3) is 0 Å². The summed E-state index contributed by atoms with van der Waals surface area (Å²) in [6.45, 7) is 7.15. The van der Waals surface area contributed by atoms with Crippen molar-refractivity contribution in [2.24, 2.45) is 0 Å². The Hall–Kier alpha value is -2.11. The first-order valence-corrected chi connectivity index (χ1v) is 11.6. The Bertz CT molecular complexity index is 1040. The lowest BCUT2D eigenvalue weighted by Gasteiger charge is -2.22. The Labute approximate surface area is 166 Å². The molecule has 0 saturated heterocycles. The van der Waals surface area contributed by atoms with E-state index in [0.29, 0.717) is 18.8 Å². The first-order valence-electron chi connectivity index (χ1n) is 8.72. The van der Waals surface area contributed by atoms with Crippen molar-refractivity contribution >= 4 is 31.4 Å². The first kappa shape index (κ1) is 22.2. The average molecular weight is 431 g/mol. The number of nitrogens with one attached hydrogen (secondary N) is 1. The summed E-state index contributed by atoms with van der Waals surface area (Å²) in [5, 5.41) is 3.68. The van der Waals surface area contributed by atoms with Gasteiger partial charge in [-0.1, -0.05) is 19.0 Å². The minimum absolute atomic E-state index is 0.0123. The fourth-order valence-electron chi connectivity index (χ4n) is 2.91.